The molecular weight excluding hydrogens is 142 g/mol. The first-order valence-corrected chi connectivity index (χ1v) is 3.60. The van der Waals surface area contributed by atoms with E-state index in [0.29, 0.717) is 6.54 Å². The molecule has 1 aromatic rings. The van der Waals surface area contributed by atoms with Gasteiger partial charge in [0.05, 0.1) is 18.8 Å². The molecule has 1 aliphatic rings. The highest BCUT2D eigenvalue weighted by atomic mass is 16.1. The first-order chi connectivity index (χ1) is 5.40. The summed E-state index contributed by atoms with van der Waals surface area (Å²) in [4.78, 5) is 12.1. The third kappa shape index (κ3) is 1.00. The monoisotopic (exact) mass is 151 g/mol. The van der Waals surface area contributed by atoms with Crippen molar-refractivity contribution in [3.05, 3.63) is 18.0 Å². The largest absolute Gasteiger partial charge is 0.338 e. The molecule has 0 spiro atoms. The summed E-state index contributed by atoms with van der Waals surface area (Å²) in [6, 6.07) is 1.94. The molecule has 1 amide bonds. The lowest BCUT2D eigenvalue weighted by atomic mass is 10.3. The van der Waals surface area contributed by atoms with Crippen LogP contribution in [0.4, 0.5) is 0 Å². The van der Waals surface area contributed by atoms with Gasteiger partial charge in [0, 0.05) is 12.7 Å². The second-order valence-electron chi connectivity index (χ2n) is 2.62. The number of hydrogen-bond acceptors (Lipinski definition) is 2. The topological polar surface area (TPSA) is 38.1 Å². The fourth-order valence-electron chi connectivity index (χ4n) is 1.30. The van der Waals surface area contributed by atoms with E-state index < -0.39 is 0 Å². The Kier molecular flexibility index (Phi) is 1.38. The number of amides is 1. The van der Waals surface area contributed by atoms with Crippen LogP contribution in [0.1, 0.15) is 5.69 Å². The van der Waals surface area contributed by atoms with Gasteiger partial charge in [0.2, 0.25) is 6.41 Å². The van der Waals surface area contributed by atoms with Crippen molar-refractivity contribution in [3.63, 3.8) is 0 Å². The van der Waals surface area contributed by atoms with E-state index in [9.17, 15) is 4.79 Å². The highest BCUT2D eigenvalue weighted by Gasteiger charge is 2.13. The van der Waals surface area contributed by atoms with Gasteiger partial charge in [-0.15, -0.1) is 0 Å². The maximum Gasteiger partial charge on any atom is 0.210 e. The Morgan fingerprint density at radius 3 is 3.27 bits per heavy atom. The van der Waals surface area contributed by atoms with Gasteiger partial charge in [-0.3, -0.25) is 9.48 Å². The van der Waals surface area contributed by atoms with Crippen LogP contribution < -0.4 is 0 Å². The lowest BCUT2D eigenvalue weighted by Crippen LogP contribution is -2.32. The molecule has 0 radical (unpaired) electrons. The third-order valence-electron chi connectivity index (χ3n) is 1.92. The van der Waals surface area contributed by atoms with Crippen molar-refractivity contribution in [2.45, 2.75) is 13.1 Å². The van der Waals surface area contributed by atoms with E-state index in [1.54, 1.807) is 11.1 Å². The summed E-state index contributed by atoms with van der Waals surface area (Å²) in [6.45, 7) is 2.29. The Hall–Kier alpha value is -1.32. The zero-order valence-electron chi connectivity index (χ0n) is 6.10. The fraction of sp³-hybridized carbons (Fsp3) is 0.429. The van der Waals surface area contributed by atoms with E-state index in [1.165, 1.54) is 0 Å². The lowest BCUT2D eigenvalue weighted by Gasteiger charge is -2.23. The molecule has 1 aromatic heterocycles. The molecule has 58 valence electrons. The molecule has 1 aliphatic heterocycles. The van der Waals surface area contributed by atoms with Crippen LogP contribution >= 0.6 is 0 Å². The first-order valence-electron chi connectivity index (χ1n) is 3.60. The predicted octanol–water partition coefficient (Wildman–Crippen LogP) is -0.145. The van der Waals surface area contributed by atoms with E-state index >= 15 is 0 Å². The molecule has 2 heterocycles. The van der Waals surface area contributed by atoms with Gasteiger partial charge in [0.15, 0.2) is 0 Å². The molecule has 2 rings (SSSR count). The first kappa shape index (κ1) is 6.39. The van der Waals surface area contributed by atoms with Crippen molar-refractivity contribution < 1.29 is 4.79 Å². The molecule has 4 nitrogen and oxygen atoms in total. The average Bonchev–Trinajstić information content (AvgIpc) is 2.50. The number of carbonyl (C=O) groups excluding carboxylic acids is 1. The maximum atomic E-state index is 10.4. The maximum absolute atomic E-state index is 10.4. The molecule has 0 unspecified atom stereocenters. The normalized spacial score (nSPS) is 16.2. The molecule has 0 atom stereocenters. The molecule has 0 aliphatic carbocycles. The van der Waals surface area contributed by atoms with Crippen LogP contribution in [0.5, 0.6) is 0 Å². The predicted molar refractivity (Wildman–Crippen MR) is 38.7 cm³/mol. The second kappa shape index (κ2) is 2.38. The van der Waals surface area contributed by atoms with Crippen molar-refractivity contribution in [1.82, 2.24) is 14.7 Å². The number of nitrogens with zero attached hydrogens (tertiary/aromatic N) is 3. The zero-order chi connectivity index (χ0) is 7.68. The minimum Gasteiger partial charge on any atom is -0.338 e. The van der Waals surface area contributed by atoms with Crippen molar-refractivity contribution in [2.75, 3.05) is 6.54 Å². The van der Waals surface area contributed by atoms with Gasteiger partial charge in [-0.05, 0) is 6.07 Å². The molecule has 0 saturated heterocycles. The Bertz CT molecular complexity index is 268. The van der Waals surface area contributed by atoms with Crippen molar-refractivity contribution in [1.29, 1.82) is 0 Å². The molecular formula is C7H9N3O. The lowest BCUT2D eigenvalue weighted by molar-refractivity contribution is -0.119. The summed E-state index contributed by atoms with van der Waals surface area (Å²) in [5.41, 5.74) is 1.11. The zero-order valence-corrected chi connectivity index (χ0v) is 6.10. The molecule has 0 saturated carbocycles. The van der Waals surface area contributed by atoms with Crippen LogP contribution in [-0.4, -0.2) is 27.6 Å². The van der Waals surface area contributed by atoms with E-state index in [2.05, 4.69) is 5.10 Å². The summed E-state index contributed by atoms with van der Waals surface area (Å²) in [5, 5.41) is 4.10. The Balaban J connectivity index is 2.24. The summed E-state index contributed by atoms with van der Waals surface area (Å²) in [7, 11) is 0. The number of hydrogen-bond donors (Lipinski definition) is 0. The molecule has 11 heavy (non-hydrogen) atoms. The van der Waals surface area contributed by atoms with Gasteiger partial charge in [0.25, 0.3) is 0 Å². The van der Waals surface area contributed by atoms with Crippen molar-refractivity contribution in [3.8, 4) is 0 Å². The van der Waals surface area contributed by atoms with E-state index in [0.717, 1.165) is 25.2 Å². The van der Waals surface area contributed by atoms with Crippen LogP contribution in [0.25, 0.3) is 0 Å². The van der Waals surface area contributed by atoms with Gasteiger partial charge in [-0.2, -0.15) is 5.10 Å². The van der Waals surface area contributed by atoms with Crippen LogP contribution in [0.3, 0.4) is 0 Å². The van der Waals surface area contributed by atoms with Crippen molar-refractivity contribution >= 4 is 6.41 Å². The number of carbonyl (C=O) groups is 1. The minimum atomic E-state index is 0.698. The standard InChI is InChI=1S/C7H9N3O/c11-6-9-3-4-10-7(5-9)1-2-8-10/h1-2,6H,3-5H2. The van der Waals surface area contributed by atoms with Gasteiger partial charge in [-0.1, -0.05) is 0 Å². The summed E-state index contributed by atoms with van der Waals surface area (Å²) < 4.78 is 1.93. The average molecular weight is 151 g/mol. The van der Waals surface area contributed by atoms with Gasteiger partial charge < -0.3 is 4.90 Å². The summed E-state index contributed by atoms with van der Waals surface area (Å²) in [6.07, 6.45) is 2.65. The van der Waals surface area contributed by atoms with E-state index in [-0.39, 0.29) is 0 Å². The number of aromatic nitrogens is 2. The molecule has 0 fully saturated rings. The van der Waals surface area contributed by atoms with E-state index in [4.69, 9.17) is 0 Å². The highest BCUT2D eigenvalue weighted by Crippen LogP contribution is 2.08. The molecule has 0 N–H and O–H groups in total. The van der Waals surface area contributed by atoms with Crippen molar-refractivity contribution in [2.24, 2.45) is 0 Å². The van der Waals surface area contributed by atoms with Crippen LogP contribution in [0.15, 0.2) is 12.3 Å². The molecule has 0 bridgehead atoms. The third-order valence-corrected chi connectivity index (χ3v) is 1.92. The van der Waals surface area contributed by atoms with Gasteiger partial charge >= 0.3 is 0 Å². The van der Waals surface area contributed by atoms with Crippen LogP contribution in [0, 0.1) is 0 Å². The van der Waals surface area contributed by atoms with Crippen LogP contribution in [0.2, 0.25) is 0 Å². The SMILES string of the molecule is O=CN1CCn2nccc2C1. The second-order valence-corrected chi connectivity index (χ2v) is 2.62. The van der Waals surface area contributed by atoms with Gasteiger partial charge in [0.1, 0.15) is 0 Å². The van der Waals surface area contributed by atoms with Gasteiger partial charge in [-0.25, -0.2) is 0 Å². The summed E-state index contributed by atoms with van der Waals surface area (Å²) >= 11 is 0. The molecule has 0 aromatic carbocycles. The number of rotatable bonds is 1. The Morgan fingerprint density at radius 1 is 1.55 bits per heavy atom. The number of fused-ring (bicyclic) bond motifs is 1. The quantitative estimate of drug-likeness (QED) is 0.524. The van der Waals surface area contributed by atoms with Crippen LogP contribution in [-0.2, 0) is 17.9 Å². The Labute approximate surface area is 64.4 Å². The highest BCUT2D eigenvalue weighted by molar-refractivity contribution is 5.47. The molecule has 4 heteroatoms. The fourth-order valence-corrected chi connectivity index (χ4v) is 1.30. The minimum absolute atomic E-state index is 0.698. The Morgan fingerprint density at radius 2 is 2.45 bits per heavy atom. The smallest absolute Gasteiger partial charge is 0.210 e. The summed E-state index contributed by atoms with van der Waals surface area (Å²) in [5.74, 6) is 0. The van der Waals surface area contributed by atoms with E-state index in [1.807, 2.05) is 10.7 Å².